The van der Waals surface area contributed by atoms with Crippen LogP contribution in [-0.2, 0) is 4.74 Å². The summed E-state index contributed by atoms with van der Waals surface area (Å²) in [7, 11) is 1.69. The molecular formula is C22H28N2O3. The number of fused-ring (bicyclic) bond motifs is 3. The van der Waals surface area contributed by atoms with Gasteiger partial charge in [-0.3, -0.25) is 4.90 Å². The van der Waals surface area contributed by atoms with Crippen molar-refractivity contribution < 1.29 is 14.3 Å². The number of carbonyl (C=O) groups excluding carboxylic acids is 1. The molecule has 2 heterocycles. The number of rotatable bonds is 2. The number of benzene rings is 2. The lowest BCUT2D eigenvalue weighted by molar-refractivity contribution is 0.0123. The van der Waals surface area contributed by atoms with E-state index < -0.39 is 5.60 Å². The molecule has 0 N–H and O–H groups in total. The van der Waals surface area contributed by atoms with Crippen molar-refractivity contribution in [3.05, 3.63) is 36.4 Å². The van der Waals surface area contributed by atoms with Gasteiger partial charge in [0.05, 0.1) is 19.2 Å². The quantitative estimate of drug-likeness (QED) is 0.786. The molecule has 2 aliphatic heterocycles. The average molecular weight is 368 g/mol. The molecule has 27 heavy (non-hydrogen) atoms. The molecule has 144 valence electrons. The van der Waals surface area contributed by atoms with Gasteiger partial charge in [0.1, 0.15) is 11.4 Å². The molecule has 4 rings (SSSR count). The fourth-order valence-electron chi connectivity index (χ4n) is 4.26. The van der Waals surface area contributed by atoms with Crippen molar-refractivity contribution in [2.24, 2.45) is 0 Å². The molecule has 5 heteroatoms. The van der Waals surface area contributed by atoms with Gasteiger partial charge in [0, 0.05) is 18.8 Å². The number of carbonyl (C=O) groups is 1. The van der Waals surface area contributed by atoms with E-state index in [1.54, 1.807) is 7.11 Å². The molecule has 2 bridgehead atoms. The van der Waals surface area contributed by atoms with Gasteiger partial charge < -0.3 is 14.4 Å². The van der Waals surface area contributed by atoms with Crippen LogP contribution in [0.5, 0.6) is 5.75 Å². The topological polar surface area (TPSA) is 42.0 Å². The van der Waals surface area contributed by atoms with Crippen LogP contribution in [0, 0.1) is 0 Å². The second-order valence-electron chi connectivity index (χ2n) is 8.57. The smallest absolute Gasteiger partial charge is 0.410 e. The molecule has 0 aliphatic carbocycles. The van der Waals surface area contributed by atoms with Crippen LogP contribution >= 0.6 is 0 Å². The van der Waals surface area contributed by atoms with E-state index in [0.717, 1.165) is 31.7 Å². The number of anilines is 1. The number of nitrogens with zero attached hydrogens (tertiary/aromatic N) is 2. The maximum atomic E-state index is 12.6. The number of amides is 1. The van der Waals surface area contributed by atoms with Gasteiger partial charge in [0.25, 0.3) is 0 Å². The van der Waals surface area contributed by atoms with Crippen LogP contribution < -0.4 is 9.64 Å². The highest BCUT2D eigenvalue weighted by atomic mass is 16.6. The molecule has 2 aliphatic rings. The number of ether oxygens (including phenoxy) is 2. The molecule has 2 atom stereocenters. The Morgan fingerprint density at radius 1 is 1.00 bits per heavy atom. The SMILES string of the molecule is COc1ccc2cc(N3CC4CCC(C3)N4C(=O)OC(C)(C)C)ccc2c1. The van der Waals surface area contributed by atoms with Crippen molar-refractivity contribution in [1.82, 2.24) is 4.90 Å². The van der Waals surface area contributed by atoms with E-state index >= 15 is 0 Å². The van der Waals surface area contributed by atoms with Gasteiger partial charge in [0.15, 0.2) is 0 Å². The van der Waals surface area contributed by atoms with Crippen molar-refractivity contribution in [1.29, 1.82) is 0 Å². The number of hydrogen-bond donors (Lipinski definition) is 0. The summed E-state index contributed by atoms with van der Waals surface area (Å²) >= 11 is 0. The lowest BCUT2D eigenvalue weighted by Gasteiger charge is -2.42. The average Bonchev–Trinajstić information content (AvgIpc) is 2.89. The van der Waals surface area contributed by atoms with E-state index in [1.807, 2.05) is 31.7 Å². The first-order valence-electron chi connectivity index (χ1n) is 9.68. The molecule has 5 nitrogen and oxygen atoms in total. The first-order chi connectivity index (χ1) is 12.8. The number of hydrogen-bond acceptors (Lipinski definition) is 4. The fourth-order valence-corrected chi connectivity index (χ4v) is 4.26. The Bertz CT molecular complexity index is 844. The lowest BCUT2D eigenvalue weighted by Crippen LogP contribution is -2.56. The summed E-state index contributed by atoms with van der Waals surface area (Å²) in [4.78, 5) is 17.0. The highest BCUT2D eigenvalue weighted by Crippen LogP contribution is 2.35. The summed E-state index contributed by atoms with van der Waals surface area (Å²) in [6.07, 6.45) is 1.93. The maximum absolute atomic E-state index is 12.6. The predicted octanol–water partition coefficient (Wildman–Crippen LogP) is 4.44. The Morgan fingerprint density at radius 2 is 1.63 bits per heavy atom. The first kappa shape index (κ1) is 18.0. The molecule has 0 spiro atoms. The third kappa shape index (κ3) is 3.55. The van der Waals surface area contributed by atoms with E-state index in [9.17, 15) is 4.79 Å². The van der Waals surface area contributed by atoms with Crippen LogP contribution in [0.3, 0.4) is 0 Å². The third-order valence-electron chi connectivity index (χ3n) is 5.48. The van der Waals surface area contributed by atoms with Crippen molar-refractivity contribution >= 4 is 22.6 Å². The molecule has 2 aromatic rings. The monoisotopic (exact) mass is 368 g/mol. The van der Waals surface area contributed by atoms with Gasteiger partial charge in [0.2, 0.25) is 0 Å². The minimum Gasteiger partial charge on any atom is -0.497 e. The highest BCUT2D eigenvalue weighted by Gasteiger charge is 2.44. The van der Waals surface area contributed by atoms with E-state index in [2.05, 4.69) is 35.2 Å². The summed E-state index contributed by atoms with van der Waals surface area (Å²) in [5, 5.41) is 2.38. The van der Waals surface area contributed by atoms with Crippen LogP contribution in [0.1, 0.15) is 33.6 Å². The van der Waals surface area contributed by atoms with Crippen molar-refractivity contribution in [2.75, 3.05) is 25.1 Å². The molecule has 2 unspecified atom stereocenters. The largest absolute Gasteiger partial charge is 0.497 e. The van der Waals surface area contributed by atoms with Crippen molar-refractivity contribution in [3.63, 3.8) is 0 Å². The van der Waals surface area contributed by atoms with Gasteiger partial charge in [-0.25, -0.2) is 4.79 Å². The Labute approximate surface area is 160 Å². The van der Waals surface area contributed by atoms with Crippen molar-refractivity contribution in [3.8, 4) is 5.75 Å². The minimum absolute atomic E-state index is 0.166. The first-order valence-corrected chi connectivity index (χ1v) is 9.68. The maximum Gasteiger partial charge on any atom is 0.410 e. The molecule has 0 saturated carbocycles. The molecule has 2 fully saturated rings. The van der Waals surface area contributed by atoms with E-state index in [0.29, 0.717) is 0 Å². The molecular weight excluding hydrogens is 340 g/mol. The van der Waals surface area contributed by atoms with Crippen LogP contribution in [0.4, 0.5) is 10.5 Å². The van der Waals surface area contributed by atoms with E-state index in [4.69, 9.17) is 9.47 Å². The van der Waals surface area contributed by atoms with Gasteiger partial charge >= 0.3 is 6.09 Å². The normalized spacial score (nSPS) is 22.2. The Hall–Kier alpha value is -2.43. The Kier molecular flexibility index (Phi) is 4.41. The Morgan fingerprint density at radius 3 is 2.26 bits per heavy atom. The summed E-state index contributed by atoms with van der Waals surface area (Å²) in [6.45, 7) is 7.49. The molecule has 2 saturated heterocycles. The standard InChI is InChI=1S/C22H28N2O3/c1-22(2,3)27-21(25)24-18-8-9-19(24)14-23(13-18)17-7-5-16-12-20(26-4)10-6-15(16)11-17/h5-7,10-12,18-19H,8-9,13-14H2,1-4H3. The van der Waals surface area contributed by atoms with E-state index in [-0.39, 0.29) is 18.2 Å². The third-order valence-corrected chi connectivity index (χ3v) is 5.48. The van der Waals surface area contributed by atoms with Gasteiger partial charge in [-0.15, -0.1) is 0 Å². The second-order valence-corrected chi connectivity index (χ2v) is 8.57. The van der Waals surface area contributed by atoms with Crippen LogP contribution in [0.15, 0.2) is 36.4 Å². The predicted molar refractivity (Wildman–Crippen MR) is 108 cm³/mol. The highest BCUT2D eigenvalue weighted by molar-refractivity contribution is 5.87. The summed E-state index contributed by atoms with van der Waals surface area (Å²) < 4.78 is 10.9. The minimum atomic E-state index is -0.451. The van der Waals surface area contributed by atoms with Crippen LogP contribution in [-0.4, -0.2) is 48.9 Å². The fraction of sp³-hybridized carbons (Fsp3) is 0.500. The van der Waals surface area contributed by atoms with E-state index in [1.165, 1.54) is 16.5 Å². The molecule has 2 aromatic carbocycles. The van der Waals surface area contributed by atoms with Gasteiger partial charge in [-0.05, 0) is 68.7 Å². The summed E-state index contributed by atoms with van der Waals surface area (Å²) in [5.41, 5.74) is 0.765. The summed E-state index contributed by atoms with van der Waals surface area (Å²) in [5.74, 6) is 0.874. The zero-order valence-corrected chi connectivity index (χ0v) is 16.6. The zero-order chi connectivity index (χ0) is 19.2. The Balaban J connectivity index is 1.53. The van der Waals surface area contributed by atoms with Gasteiger partial charge in [-0.2, -0.15) is 0 Å². The van der Waals surface area contributed by atoms with Crippen LogP contribution in [0.25, 0.3) is 10.8 Å². The molecule has 0 aromatic heterocycles. The van der Waals surface area contributed by atoms with Crippen molar-refractivity contribution in [2.45, 2.75) is 51.3 Å². The number of piperazine rings is 1. The lowest BCUT2D eigenvalue weighted by atomic mass is 10.1. The summed E-state index contributed by atoms with van der Waals surface area (Å²) in [6, 6.07) is 13.2. The number of methoxy groups -OCH3 is 1. The second kappa shape index (κ2) is 6.63. The van der Waals surface area contributed by atoms with Crippen LogP contribution in [0.2, 0.25) is 0 Å². The van der Waals surface area contributed by atoms with Gasteiger partial charge in [-0.1, -0.05) is 12.1 Å². The zero-order valence-electron chi connectivity index (χ0n) is 16.6. The molecule has 1 amide bonds. The molecule has 0 radical (unpaired) electrons.